The van der Waals surface area contributed by atoms with E-state index in [4.69, 9.17) is 22.7 Å². The Bertz CT molecular complexity index is 446. The molecule has 0 saturated heterocycles. The van der Waals surface area contributed by atoms with Crippen LogP contribution in [0.15, 0.2) is 18.3 Å². The zero-order valence-electron chi connectivity index (χ0n) is 11.4. The topological polar surface area (TPSA) is 68.5 Å². The van der Waals surface area contributed by atoms with E-state index in [2.05, 4.69) is 4.98 Å². The third-order valence-electron chi connectivity index (χ3n) is 2.56. The normalized spacial score (nSPS) is 10.3. The fourth-order valence-corrected chi connectivity index (χ4v) is 1.74. The number of esters is 1. The molecule has 0 fully saturated rings. The average Bonchev–Trinajstić information content (AvgIpc) is 2.36. The summed E-state index contributed by atoms with van der Waals surface area (Å²) < 4.78 is 4.96. The smallest absolute Gasteiger partial charge is 0.325 e. The first kappa shape index (κ1) is 15.4. The fraction of sp³-hybridized carbons (Fsp3) is 0.462. The highest BCUT2D eigenvalue weighted by molar-refractivity contribution is 7.80. The molecule has 1 aromatic heterocycles. The summed E-state index contributed by atoms with van der Waals surface area (Å²) in [5, 5.41) is 0. The second-order valence-electron chi connectivity index (χ2n) is 4.29. The Morgan fingerprint density at radius 1 is 1.53 bits per heavy atom. The monoisotopic (exact) mass is 281 g/mol. The molecule has 0 aromatic carbocycles. The summed E-state index contributed by atoms with van der Waals surface area (Å²) in [5.74, 6) is -0.255. The van der Waals surface area contributed by atoms with E-state index in [9.17, 15) is 4.79 Å². The minimum absolute atomic E-state index is 0.155. The van der Waals surface area contributed by atoms with Crippen molar-refractivity contribution in [2.75, 3.05) is 18.1 Å². The van der Waals surface area contributed by atoms with Crippen molar-refractivity contribution in [3.63, 3.8) is 0 Å². The summed E-state index contributed by atoms with van der Waals surface area (Å²) in [5.41, 5.74) is 6.91. The molecule has 0 aliphatic carbocycles. The molecule has 0 atom stereocenters. The van der Waals surface area contributed by atoms with E-state index in [1.54, 1.807) is 19.2 Å². The van der Waals surface area contributed by atoms with Crippen molar-refractivity contribution in [2.45, 2.75) is 26.8 Å². The first-order valence-electron chi connectivity index (χ1n) is 6.13. The van der Waals surface area contributed by atoms with Crippen molar-refractivity contribution in [2.24, 2.45) is 5.73 Å². The molecule has 0 saturated carbocycles. The van der Waals surface area contributed by atoms with Gasteiger partial charge in [0.1, 0.15) is 11.5 Å². The first-order chi connectivity index (χ1) is 8.95. The van der Waals surface area contributed by atoms with Crippen LogP contribution in [0.5, 0.6) is 0 Å². The fourth-order valence-electron chi connectivity index (χ4n) is 1.62. The van der Waals surface area contributed by atoms with Crippen LogP contribution in [0, 0.1) is 0 Å². The molecule has 0 bridgehead atoms. The van der Waals surface area contributed by atoms with Crippen LogP contribution in [-0.2, 0) is 9.53 Å². The van der Waals surface area contributed by atoms with Crippen molar-refractivity contribution in [3.8, 4) is 0 Å². The highest BCUT2D eigenvalue weighted by Gasteiger charge is 2.16. The third-order valence-corrected chi connectivity index (χ3v) is 2.77. The first-order valence-corrected chi connectivity index (χ1v) is 6.54. The zero-order chi connectivity index (χ0) is 14.4. The molecule has 1 aromatic rings. The predicted molar refractivity (Wildman–Crippen MR) is 79.2 cm³/mol. The van der Waals surface area contributed by atoms with Crippen molar-refractivity contribution in [3.05, 3.63) is 24.0 Å². The van der Waals surface area contributed by atoms with Gasteiger partial charge in [0, 0.05) is 6.04 Å². The van der Waals surface area contributed by atoms with Crippen molar-refractivity contribution in [1.82, 2.24) is 4.98 Å². The lowest BCUT2D eigenvalue weighted by atomic mass is 10.2. The Balaban J connectivity index is 2.87. The summed E-state index contributed by atoms with van der Waals surface area (Å²) in [6.45, 7) is 6.36. The van der Waals surface area contributed by atoms with Crippen LogP contribution >= 0.6 is 12.2 Å². The van der Waals surface area contributed by atoms with Gasteiger partial charge < -0.3 is 15.4 Å². The molecule has 6 heteroatoms. The highest BCUT2D eigenvalue weighted by atomic mass is 32.1. The van der Waals surface area contributed by atoms with Crippen molar-refractivity contribution < 1.29 is 9.53 Å². The van der Waals surface area contributed by atoms with Gasteiger partial charge in [-0.25, -0.2) is 0 Å². The molecule has 0 radical (unpaired) electrons. The predicted octanol–water partition coefficient (Wildman–Crippen LogP) is 1.49. The van der Waals surface area contributed by atoms with E-state index >= 15 is 0 Å². The summed E-state index contributed by atoms with van der Waals surface area (Å²) in [6, 6.07) is 3.75. The maximum atomic E-state index is 11.6. The van der Waals surface area contributed by atoms with Gasteiger partial charge in [0.2, 0.25) is 0 Å². The van der Waals surface area contributed by atoms with Crippen LogP contribution in [-0.4, -0.2) is 35.1 Å². The molecular weight excluding hydrogens is 262 g/mol. The number of carbonyl (C=O) groups is 1. The number of nitrogens with two attached hydrogens (primary N) is 1. The van der Waals surface area contributed by atoms with E-state index in [1.807, 2.05) is 24.8 Å². The van der Waals surface area contributed by atoms with Crippen molar-refractivity contribution >= 4 is 28.9 Å². The largest absolute Gasteiger partial charge is 0.465 e. The summed E-state index contributed by atoms with van der Waals surface area (Å²) in [7, 11) is 0. The molecule has 19 heavy (non-hydrogen) atoms. The Kier molecular flexibility index (Phi) is 5.69. The molecule has 0 aliphatic rings. The van der Waals surface area contributed by atoms with Gasteiger partial charge in [-0.3, -0.25) is 9.78 Å². The Morgan fingerprint density at radius 3 is 2.63 bits per heavy atom. The molecule has 0 aliphatic heterocycles. The molecule has 1 heterocycles. The van der Waals surface area contributed by atoms with Gasteiger partial charge in [0.05, 0.1) is 24.2 Å². The number of carbonyl (C=O) groups excluding carboxylic acids is 1. The van der Waals surface area contributed by atoms with Crippen molar-refractivity contribution in [1.29, 1.82) is 0 Å². The van der Waals surface area contributed by atoms with Crippen LogP contribution in [0.1, 0.15) is 26.5 Å². The number of aromatic nitrogens is 1. The minimum atomic E-state index is -0.255. The van der Waals surface area contributed by atoms with Gasteiger partial charge in [0.15, 0.2) is 0 Å². The summed E-state index contributed by atoms with van der Waals surface area (Å²) in [6.07, 6.45) is 1.66. The number of ether oxygens (including phenoxy) is 1. The number of hydrogen-bond acceptors (Lipinski definition) is 5. The van der Waals surface area contributed by atoms with Gasteiger partial charge >= 0.3 is 5.97 Å². The summed E-state index contributed by atoms with van der Waals surface area (Å²) >= 11 is 4.85. The molecule has 0 spiro atoms. The quantitative estimate of drug-likeness (QED) is 0.629. The van der Waals surface area contributed by atoms with Gasteiger partial charge in [0.25, 0.3) is 0 Å². The van der Waals surface area contributed by atoms with E-state index in [1.165, 1.54) is 0 Å². The zero-order valence-corrected chi connectivity index (χ0v) is 12.2. The number of thiocarbonyl (C=S) groups is 1. The molecule has 2 N–H and O–H groups in total. The van der Waals surface area contributed by atoms with Gasteiger partial charge in [-0.1, -0.05) is 12.2 Å². The highest BCUT2D eigenvalue weighted by Crippen LogP contribution is 2.16. The minimum Gasteiger partial charge on any atom is -0.465 e. The molecule has 5 nitrogen and oxygen atoms in total. The molecular formula is C13H19N3O2S. The number of hydrogen-bond donors (Lipinski definition) is 1. The lowest BCUT2D eigenvalue weighted by Crippen LogP contribution is -2.36. The maximum absolute atomic E-state index is 11.6. The SMILES string of the molecule is CCOC(=O)CN(c1ccc(C(N)=S)nc1)C(C)C. The third kappa shape index (κ3) is 4.48. The van der Waals surface area contributed by atoms with E-state index < -0.39 is 0 Å². The Labute approximate surface area is 118 Å². The Hall–Kier alpha value is -1.69. The number of rotatable bonds is 6. The Morgan fingerprint density at radius 2 is 2.21 bits per heavy atom. The van der Waals surface area contributed by atoms with Crippen LogP contribution in [0.3, 0.4) is 0 Å². The maximum Gasteiger partial charge on any atom is 0.325 e. The lowest BCUT2D eigenvalue weighted by Gasteiger charge is -2.27. The van der Waals surface area contributed by atoms with E-state index in [-0.39, 0.29) is 23.5 Å². The standard InChI is InChI=1S/C13H19N3O2S/c1-4-18-12(17)8-16(9(2)3)10-5-6-11(13(14)19)15-7-10/h5-7,9H,4,8H2,1-3H3,(H2,14,19). The second-order valence-corrected chi connectivity index (χ2v) is 4.73. The van der Waals surface area contributed by atoms with Gasteiger partial charge in [-0.15, -0.1) is 0 Å². The van der Waals surface area contributed by atoms with Crippen LogP contribution < -0.4 is 10.6 Å². The number of nitrogens with zero attached hydrogens (tertiary/aromatic N) is 2. The molecule has 0 unspecified atom stereocenters. The van der Waals surface area contributed by atoms with E-state index in [0.29, 0.717) is 12.3 Å². The average molecular weight is 281 g/mol. The van der Waals surface area contributed by atoms with Crippen LogP contribution in [0.25, 0.3) is 0 Å². The van der Waals surface area contributed by atoms with Gasteiger partial charge in [-0.05, 0) is 32.9 Å². The van der Waals surface area contributed by atoms with Crippen LogP contribution in [0.2, 0.25) is 0 Å². The lowest BCUT2D eigenvalue weighted by molar-refractivity contribution is -0.141. The molecule has 104 valence electrons. The van der Waals surface area contributed by atoms with Crippen LogP contribution in [0.4, 0.5) is 5.69 Å². The number of pyridine rings is 1. The second kappa shape index (κ2) is 7.04. The van der Waals surface area contributed by atoms with Gasteiger partial charge in [-0.2, -0.15) is 0 Å². The van der Waals surface area contributed by atoms with E-state index in [0.717, 1.165) is 5.69 Å². The molecule has 1 rings (SSSR count). The molecule has 0 amide bonds. The number of anilines is 1. The summed E-state index contributed by atoms with van der Waals surface area (Å²) in [4.78, 5) is 17.9.